The maximum Gasteiger partial charge on any atom is 0.407 e. The quantitative estimate of drug-likeness (QED) is 0.575. The molecular formula is C21H29N5O4. The number of hydrogen-bond acceptors (Lipinski definition) is 6. The van der Waals surface area contributed by atoms with Crippen molar-refractivity contribution in [1.82, 2.24) is 25.6 Å². The van der Waals surface area contributed by atoms with E-state index in [9.17, 15) is 14.4 Å². The molecule has 2 rings (SSSR count). The van der Waals surface area contributed by atoms with E-state index in [1.54, 1.807) is 38.4 Å². The summed E-state index contributed by atoms with van der Waals surface area (Å²) in [6.45, 7) is 8.00. The summed E-state index contributed by atoms with van der Waals surface area (Å²) >= 11 is 0. The van der Waals surface area contributed by atoms with Gasteiger partial charge in [-0.2, -0.15) is 0 Å². The highest BCUT2D eigenvalue weighted by Crippen LogP contribution is 2.12. The van der Waals surface area contributed by atoms with Crippen LogP contribution in [0, 0.1) is 12.8 Å². The number of alkyl carbamates (subject to hydrolysis) is 1. The summed E-state index contributed by atoms with van der Waals surface area (Å²) in [4.78, 5) is 47.8. The number of aromatic amines is 1. The monoisotopic (exact) mass is 415 g/mol. The second-order valence-corrected chi connectivity index (χ2v) is 7.39. The lowest BCUT2D eigenvalue weighted by atomic mass is 10.0. The van der Waals surface area contributed by atoms with Crippen LogP contribution >= 0.6 is 0 Å². The van der Waals surface area contributed by atoms with Gasteiger partial charge in [-0.1, -0.05) is 13.8 Å². The van der Waals surface area contributed by atoms with Gasteiger partial charge in [0.25, 0.3) is 5.56 Å². The van der Waals surface area contributed by atoms with Gasteiger partial charge in [0.1, 0.15) is 5.82 Å². The number of rotatable bonds is 9. The molecule has 3 N–H and O–H groups in total. The first kappa shape index (κ1) is 23.1. The van der Waals surface area contributed by atoms with Gasteiger partial charge in [-0.15, -0.1) is 0 Å². The Kier molecular flexibility index (Phi) is 8.52. The number of hydrogen-bond donors (Lipinski definition) is 3. The Hall–Kier alpha value is -3.23. The summed E-state index contributed by atoms with van der Waals surface area (Å²) in [5.74, 6) is 0.410. The van der Waals surface area contributed by atoms with Crippen LogP contribution < -0.4 is 16.2 Å². The first-order valence-corrected chi connectivity index (χ1v) is 10.00. The molecule has 162 valence electrons. The zero-order valence-corrected chi connectivity index (χ0v) is 17.8. The lowest BCUT2D eigenvalue weighted by Crippen LogP contribution is -2.45. The number of ether oxygens (including phenoxy) is 1. The average Bonchev–Trinajstić information content (AvgIpc) is 2.69. The van der Waals surface area contributed by atoms with Crippen molar-refractivity contribution in [1.29, 1.82) is 0 Å². The van der Waals surface area contributed by atoms with Crippen molar-refractivity contribution in [3.63, 3.8) is 0 Å². The van der Waals surface area contributed by atoms with Crippen molar-refractivity contribution >= 4 is 12.0 Å². The van der Waals surface area contributed by atoms with Crippen molar-refractivity contribution in [2.24, 2.45) is 5.92 Å². The van der Waals surface area contributed by atoms with E-state index >= 15 is 0 Å². The second kappa shape index (κ2) is 11.1. The third-order valence-corrected chi connectivity index (χ3v) is 4.39. The molecule has 1 unspecified atom stereocenters. The SMILES string of the molecule is CCOC(=O)NC(CNC(=O)Cc1c(C)nc(-c2cccnc2)[nH]c1=O)CC(C)C. The molecule has 0 aromatic carbocycles. The van der Waals surface area contributed by atoms with E-state index in [1.807, 2.05) is 13.8 Å². The predicted octanol–water partition coefficient (Wildman–Crippen LogP) is 1.96. The van der Waals surface area contributed by atoms with Crippen molar-refractivity contribution in [2.75, 3.05) is 13.2 Å². The molecule has 1 atom stereocenters. The number of aromatic nitrogens is 3. The number of pyridine rings is 1. The summed E-state index contributed by atoms with van der Waals surface area (Å²) in [6.07, 6.45) is 3.31. The zero-order chi connectivity index (χ0) is 22.1. The number of carbonyl (C=O) groups excluding carboxylic acids is 2. The molecule has 0 saturated heterocycles. The summed E-state index contributed by atoms with van der Waals surface area (Å²) in [7, 11) is 0. The summed E-state index contributed by atoms with van der Waals surface area (Å²) in [5, 5.41) is 5.54. The van der Waals surface area contributed by atoms with Crippen molar-refractivity contribution in [3.05, 3.63) is 46.1 Å². The molecule has 0 spiro atoms. The Bertz CT molecular complexity index is 911. The van der Waals surface area contributed by atoms with E-state index < -0.39 is 6.09 Å². The summed E-state index contributed by atoms with van der Waals surface area (Å²) in [6, 6.07) is 3.28. The van der Waals surface area contributed by atoms with Crippen LogP contribution in [0.3, 0.4) is 0 Å². The lowest BCUT2D eigenvalue weighted by molar-refractivity contribution is -0.120. The molecule has 2 heterocycles. The van der Waals surface area contributed by atoms with E-state index in [0.29, 0.717) is 35.0 Å². The van der Waals surface area contributed by atoms with Gasteiger partial charge in [0, 0.05) is 41.8 Å². The van der Waals surface area contributed by atoms with Gasteiger partial charge in [0.15, 0.2) is 0 Å². The topological polar surface area (TPSA) is 126 Å². The Balaban J connectivity index is 2.02. The number of aryl methyl sites for hydroxylation is 1. The van der Waals surface area contributed by atoms with Gasteiger partial charge < -0.3 is 20.4 Å². The summed E-state index contributed by atoms with van der Waals surface area (Å²) < 4.78 is 4.91. The Morgan fingerprint density at radius 3 is 2.67 bits per heavy atom. The van der Waals surface area contributed by atoms with E-state index in [1.165, 1.54) is 0 Å². The maximum atomic E-state index is 12.5. The smallest absolute Gasteiger partial charge is 0.407 e. The fraction of sp³-hybridized carbons (Fsp3) is 0.476. The van der Waals surface area contributed by atoms with Crippen molar-refractivity contribution in [2.45, 2.75) is 46.6 Å². The average molecular weight is 415 g/mol. The lowest BCUT2D eigenvalue weighted by Gasteiger charge is -2.20. The fourth-order valence-corrected chi connectivity index (χ4v) is 3.02. The molecule has 0 bridgehead atoms. The highest BCUT2D eigenvalue weighted by molar-refractivity contribution is 5.79. The number of H-pyrrole nitrogens is 1. The first-order valence-electron chi connectivity index (χ1n) is 10.00. The van der Waals surface area contributed by atoms with E-state index in [4.69, 9.17) is 4.74 Å². The molecule has 0 aliphatic heterocycles. The molecule has 2 aromatic rings. The van der Waals surface area contributed by atoms with Crippen LogP contribution in [-0.2, 0) is 16.0 Å². The van der Waals surface area contributed by atoms with Gasteiger partial charge in [-0.05, 0) is 38.3 Å². The van der Waals surface area contributed by atoms with Gasteiger partial charge in [0.2, 0.25) is 5.91 Å². The minimum atomic E-state index is -0.514. The third-order valence-electron chi connectivity index (χ3n) is 4.39. The van der Waals surface area contributed by atoms with Crippen LogP contribution in [-0.4, -0.2) is 46.1 Å². The van der Waals surface area contributed by atoms with Crippen LogP contribution in [0.25, 0.3) is 11.4 Å². The van der Waals surface area contributed by atoms with Crippen molar-refractivity contribution in [3.8, 4) is 11.4 Å². The van der Waals surface area contributed by atoms with Gasteiger partial charge in [0.05, 0.1) is 13.0 Å². The van der Waals surface area contributed by atoms with E-state index in [0.717, 1.165) is 0 Å². The second-order valence-electron chi connectivity index (χ2n) is 7.39. The molecule has 30 heavy (non-hydrogen) atoms. The third kappa shape index (κ3) is 6.98. The molecule has 0 fully saturated rings. The molecule has 0 aliphatic rings. The molecule has 2 aromatic heterocycles. The standard InChI is InChI=1S/C21H29N5O4/c1-5-30-21(29)25-16(9-13(2)3)12-23-18(27)10-17-14(4)24-19(26-20(17)28)15-7-6-8-22-11-15/h6-8,11,13,16H,5,9-10,12H2,1-4H3,(H,23,27)(H,25,29)(H,24,26,28). The molecule has 9 nitrogen and oxygen atoms in total. The minimum Gasteiger partial charge on any atom is -0.450 e. The fourth-order valence-electron chi connectivity index (χ4n) is 3.02. The highest BCUT2D eigenvalue weighted by atomic mass is 16.5. The van der Waals surface area contributed by atoms with Crippen LogP contribution in [0.15, 0.2) is 29.3 Å². The predicted molar refractivity (Wildman–Crippen MR) is 113 cm³/mol. The number of nitrogens with zero attached hydrogens (tertiary/aromatic N) is 2. The zero-order valence-electron chi connectivity index (χ0n) is 17.8. The Labute approximate surface area is 175 Å². The molecule has 0 aliphatic carbocycles. The first-order chi connectivity index (χ1) is 14.3. The molecular weight excluding hydrogens is 386 g/mol. The van der Waals surface area contributed by atoms with Crippen LogP contribution in [0.4, 0.5) is 4.79 Å². The summed E-state index contributed by atoms with van der Waals surface area (Å²) in [5.41, 5.74) is 1.12. The number of nitrogens with one attached hydrogen (secondary N) is 3. The van der Waals surface area contributed by atoms with Gasteiger partial charge in [-0.3, -0.25) is 14.6 Å². The van der Waals surface area contributed by atoms with E-state index in [-0.39, 0.29) is 37.1 Å². The Morgan fingerprint density at radius 1 is 1.30 bits per heavy atom. The molecule has 0 radical (unpaired) electrons. The minimum absolute atomic E-state index is 0.102. The molecule has 0 saturated carbocycles. The van der Waals surface area contributed by atoms with E-state index in [2.05, 4.69) is 25.6 Å². The molecule has 2 amide bonds. The largest absolute Gasteiger partial charge is 0.450 e. The number of amides is 2. The molecule has 9 heteroatoms. The van der Waals surface area contributed by atoms with Crippen LogP contribution in [0.5, 0.6) is 0 Å². The van der Waals surface area contributed by atoms with Gasteiger partial charge >= 0.3 is 6.09 Å². The maximum absolute atomic E-state index is 12.5. The van der Waals surface area contributed by atoms with Gasteiger partial charge in [-0.25, -0.2) is 9.78 Å². The van der Waals surface area contributed by atoms with Crippen LogP contribution in [0.1, 0.15) is 38.4 Å². The van der Waals surface area contributed by atoms with Crippen molar-refractivity contribution < 1.29 is 14.3 Å². The number of carbonyl (C=O) groups is 2. The van der Waals surface area contributed by atoms with Crippen LogP contribution in [0.2, 0.25) is 0 Å². The normalized spacial score (nSPS) is 11.8. The Morgan fingerprint density at radius 2 is 2.07 bits per heavy atom. The highest BCUT2D eigenvalue weighted by Gasteiger charge is 2.18.